The molecule has 1 aromatic carbocycles. The Balaban J connectivity index is 1.08. The Morgan fingerprint density at radius 3 is 2.48 bits per heavy atom. The molecular formula is C28H26F3N7O3S. The van der Waals surface area contributed by atoms with E-state index in [4.69, 9.17) is 0 Å². The van der Waals surface area contributed by atoms with Gasteiger partial charge in [0.15, 0.2) is 0 Å². The summed E-state index contributed by atoms with van der Waals surface area (Å²) < 4.78 is 41.3. The lowest BCUT2D eigenvalue weighted by Gasteiger charge is -2.32. The zero-order valence-corrected chi connectivity index (χ0v) is 23.0. The number of nitrogens with one attached hydrogen (secondary N) is 2. The van der Waals surface area contributed by atoms with Crippen LogP contribution in [-0.4, -0.2) is 51.4 Å². The van der Waals surface area contributed by atoms with Crippen molar-refractivity contribution in [3.05, 3.63) is 83.3 Å². The molecule has 0 spiro atoms. The first-order valence-corrected chi connectivity index (χ1v) is 13.9. The molecule has 14 heteroatoms. The first-order chi connectivity index (χ1) is 20.2. The fourth-order valence-electron chi connectivity index (χ4n) is 4.54. The highest BCUT2D eigenvalue weighted by Gasteiger charge is 2.31. The van der Waals surface area contributed by atoms with Crippen LogP contribution in [0.1, 0.15) is 35.0 Å². The number of anilines is 3. The van der Waals surface area contributed by atoms with Gasteiger partial charge >= 0.3 is 6.36 Å². The van der Waals surface area contributed by atoms with Gasteiger partial charge in [-0.25, -0.2) is 4.98 Å². The van der Waals surface area contributed by atoms with E-state index in [2.05, 4.69) is 40.4 Å². The Morgan fingerprint density at radius 1 is 0.952 bits per heavy atom. The van der Waals surface area contributed by atoms with E-state index in [-0.39, 0.29) is 30.4 Å². The Hall–Kier alpha value is -4.59. The highest BCUT2D eigenvalue weighted by molar-refractivity contribution is 7.15. The van der Waals surface area contributed by atoms with E-state index in [1.807, 2.05) is 12.1 Å². The van der Waals surface area contributed by atoms with Gasteiger partial charge in [0.25, 0.3) is 0 Å². The number of aromatic nitrogens is 4. The van der Waals surface area contributed by atoms with E-state index in [1.54, 1.807) is 36.7 Å². The summed E-state index contributed by atoms with van der Waals surface area (Å²) >= 11 is 1.38. The predicted molar refractivity (Wildman–Crippen MR) is 150 cm³/mol. The van der Waals surface area contributed by atoms with Crippen molar-refractivity contribution in [3.63, 3.8) is 0 Å². The second kappa shape index (κ2) is 12.9. The molecule has 3 aromatic heterocycles. The highest BCUT2D eigenvalue weighted by Crippen LogP contribution is 2.33. The fraction of sp³-hybridized carbons (Fsp3) is 0.286. The number of amides is 2. The lowest BCUT2D eigenvalue weighted by molar-refractivity contribution is -0.274. The molecule has 0 aliphatic carbocycles. The van der Waals surface area contributed by atoms with E-state index < -0.39 is 12.3 Å². The molecule has 4 heterocycles. The van der Waals surface area contributed by atoms with E-state index in [9.17, 15) is 22.8 Å². The average Bonchev–Trinajstić information content (AvgIpc) is 3.41. The van der Waals surface area contributed by atoms with Gasteiger partial charge in [-0.1, -0.05) is 29.5 Å². The van der Waals surface area contributed by atoms with E-state index >= 15 is 0 Å². The lowest BCUT2D eigenvalue weighted by atomic mass is 9.97. The minimum Gasteiger partial charge on any atom is -0.406 e. The number of pyridine rings is 2. The molecule has 0 unspecified atom stereocenters. The predicted octanol–water partition coefficient (Wildman–Crippen LogP) is 4.97. The summed E-state index contributed by atoms with van der Waals surface area (Å²) in [4.78, 5) is 35.4. The largest absolute Gasteiger partial charge is 0.573 e. The van der Waals surface area contributed by atoms with Gasteiger partial charge in [-0.15, -0.1) is 23.4 Å². The van der Waals surface area contributed by atoms with Gasteiger partial charge in [0.2, 0.25) is 16.9 Å². The minimum absolute atomic E-state index is 0.132. The van der Waals surface area contributed by atoms with Crippen LogP contribution < -0.4 is 20.3 Å². The SMILES string of the molecule is O=C(Cc1cccc(OC(F)(F)F)c1)Nc1ccc(N2CCC(c3nnc(NC(=O)Cc4ccccn4)s3)CC2)cn1. The summed E-state index contributed by atoms with van der Waals surface area (Å²) in [5.41, 5.74) is 1.97. The van der Waals surface area contributed by atoms with Crippen LogP contribution in [0.2, 0.25) is 0 Å². The summed E-state index contributed by atoms with van der Waals surface area (Å²) in [6, 6.07) is 14.3. The molecule has 0 bridgehead atoms. The summed E-state index contributed by atoms with van der Waals surface area (Å²) in [7, 11) is 0. The van der Waals surface area contributed by atoms with Gasteiger partial charge in [-0.05, 0) is 54.8 Å². The Labute approximate surface area is 243 Å². The Bertz CT molecular complexity index is 1510. The maximum absolute atomic E-state index is 12.5. The summed E-state index contributed by atoms with van der Waals surface area (Å²) in [6.07, 6.45) is 0.260. The maximum atomic E-state index is 12.5. The summed E-state index contributed by atoms with van der Waals surface area (Å²) in [5, 5.41) is 15.3. The van der Waals surface area contributed by atoms with Gasteiger partial charge in [-0.2, -0.15) is 0 Å². The van der Waals surface area contributed by atoms with Gasteiger partial charge in [0, 0.05) is 30.9 Å². The van der Waals surface area contributed by atoms with E-state index in [0.717, 1.165) is 36.6 Å². The van der Waals surface area contributed by atoms with Crippen LogP contribution in [0.3, 0.4) is 0 Å². The van der Waals surface area contributed by atoms with Crippen molar-refractivity contribution in [1.29, 1.82) is 0 Å². The molecule has 2 N–H and O–H groups in total. The monoisotopic (exact) mass is 597 g/mol. The van der Waals surface area contributed by atoms with Crippen LogP contribution in [0.15, 0.2) is 67.0 Å². The third-order valence-electron chi connectivity index (χ3n) is 6.48. The first kappa shape index (κ1) is 28.9. The topological polar surface area (TPSA) is 122 Å². The molecule has 10 nitrogen and oxygen atoms in total. The smallest absolute Gasteiger partial charge is 0.406 e. The van der Waals surface area contributed by atoms with Crippen molar-refractivity contribution in [2.24, 2.45) is 0 Å². The molecule has 1 aliphatic heterocycles. The normalized spacial score (nSPS) is 13.9. The number of piperidine rings is 1. The molecule has 5 rings (SSSR count). The molecule has 0 saturated carbocycles. The second-order valence-electron chi connectivity index (χ2n) is 9.57. The van der Waals surface area contributed by atoms with Crippen molar-refractivity contribution < 1.29 is 27.5 Å². The molecule has 218 valence electrons. The number of alkyl halides is 3. The maximum Gasteiger partial charge on any atom is 0.573 e. The van der Waals surface area contributed by atoms with E-state index in [1.165, 1.54) is 29.5 Å². The van der Waals surface area contributed by atoms with E-state index in [0.29, 0.717) is 22.2 Å². The average molecular weight is 598 g/mol. The fourth-order valence-corrected chi connectivity index (χ4v) is 5.47. The van der Waals surface area contributed by atoms with Crippen LogP contribution in [0.5, 0.6) is 5.75 Å². The van der Waals surface area contributed by atoms with Crippen molar-refractivity contribution in [1.82, 2.24) is 20.2 Å². The molecule has 42 heavy (non-hydrogen) atoms. The number of halogens is 3. The first-order valence-electron chi connectivity index (χ1n) is 13.1. The molecule has 0 atom stereocenters. The molecule has 1 saturated heterocycles. The van der Waals surface area contributed by atoms with Crippen LogP contribution in [0, 0.1) is 0 Å². The van der Waals surface area contributed by atoms with Gasteiger partial charge in [0.05, 0.1) is 24.7 Å². The number of rotatable bonds is 9. The zero-order chi connectivity index (χ0) is 29.5. The molecule has 2 amide bonds. The number of benzene rings is 1. The van der Waals surface area contributed by atoms with Crippen LogP contribution in [-0.2, 0) is 22.4 Å². The van der Waals surface area contributed by atoms with Crippen molar-refractivity contribution in [2.75, 3.05) is 28.6 Å². The molecule has 0 radical (unpaired) electrons. The number of hydrogen-bond donors (Lipinski definition) is 2. The van der Waals surface area contributed by atoms with Gasteiger partial charge in [-0.3, -0.25) is 14.6 Å². The number of hydrogen-bond acceptors (Lipinski definition) is 9. The second-order valence-corrected chi connectivity index (χ2v) is 10.6. The molecular weight excluding hydrogens is 571 g/mol. The third kappa shape index (κ3) is 8.22. The standard InChI is InChI=1S/C28H26F3N7O3S/c29-28(30,31)41-22-6-3-4-18(14-22)15-24(39)34-23-8-7-21(17-33-23)38-12-9-19(10-13-38)26-36-37-27(42-26)35-25(40)16-20-5-1-2-11-32-20/h1-8,11,14,17,19H,9-10,12-13,15-16H2,(H,33,34,39)(H,35,37,40). The van der Waals surface area contributed by atoms with Crippen molar-refractivity contribution >= 4 is 39.8 Å². The Kier molecular flexibility index (Phi) is 8.91. The van der Waals surface area contributed by atoms with Crippen LogP contribution in [0.4, 0.5) is 29.8 Å². The number of ether oxygens (including phenoxy) is 1. The minimum atomic E-state index is -4.80. The number of nitrogens with zero attached hydrogens (tertiary/aromatic N) is 5. The third-order valence-corrected chi connectivity index (χ3v) is 7.48. The van der Waals surface area contributed by atoms with Crippen LogP contribution >= 0.6 is 11.3 Å². The molecule has 1 aliphatic rings. The van der Waals surface area contributed by atoms with Gasteiger partial charge < -0.3 is 20.3 Å². The number of carbonyl (C=O) groups is 2. The zero-order valence-electron chi connectivity index (χ0n) is 22.2. The quantitative estimate of drug-likeness (QED) is 0.277. The van der Waals surface area contributed by atoms with Crippen molar-refractivity contribution in [2.45, 2.75) is 38.0 Å². The van der Waals surface area contributed by atoms with Crippen LogP contribution in [0.25, 0.3) is 0 Å². The molecule has 4 aromatic rings. The Morgan fingerprint density at radius 2 is 1.76 bits per heavy atom. The summed E-state index contributed by atoms with van der Waals surface area (Å²) in [5.74, 6) is -0.416. The summed E-state index contributed by atoms with van der Waals surface area (Å²) in [6.45, 7) is 1.55. The van der Waals surface area contributed by atoms with Gasteiger partial charge in [0.1, 0.15) is 16.6 Å². The van der Waals surface area contributed by atoms with Crippen molar-refractivity contribution in [3.8, 4) is 5.75 Å². The lowest BCUT2D eigenvalue weighted by Crippen LogP contribution is -2.32. The highest BCUT2D eigenvalue weighted by atomic mass is 32.1. The number of carbonyl (C=O) groups excluding carboxylic acids is 2. The molecule has 1 fully saturated rings.